The van der Waals surface area contributed by atoms with E-state index in [0.717, 1.165) is 18.4 Å². The van der Waals surface area contributed by atoms with Gasteiger partial charge in [-0.15, -0.1) is 0 Å². The first-order valence-corrected chi connectivity index (χ1v) is 5.42. The summed E-state index contributed by atoms with van der Waals surface area (Å²) in [4.78, 5) is 22.2. The van der Waals surface area contributed by atoms with Crippen molar-refractivity contribution in [3.05, 3.63) is 35.5 Å². The number of methoxy groups -OCH3 is 1. The largest absolute Gasteiger partial charge is 0.466 e. The first-order chi connectivity index (χ1) is 8.13. The molecular weight excluding hydrogens is 220 g/mol. The fourth-order valence-electron chi connectivity index (χ4n) is 1.41. The molecule has 0 amide bonds. The molecule has 17 heavy (non-hydrogen) atoms. The summed E-state index contributed by atoms with van der Waals surface area (Å²) in [6.07, 6.45) is 9.63. The van der Waals surface area contributed by atoms with Crippen LogP contribution < -0.4 is 0 Å². The van der Waals surface area contributed by atoms with Crippen LogP contribution in [0.4, 0.5) is 0 Å². The molecule has 1 aliphatic rings. The summed E-state index contributed by atoms with van der Waals surface area (Å²) in [5.41, 5.74) is 1.27. The lowest BCUT2D eigenvalue weighted by molar-refractivity contribution is -0.142. The average molecular weight is 236 g/mol. The maximum Gasteiger partial charge on any atom is 0.337 e. The minimum atomic E-state index is -0.480. The molecule has 0 radical (unpaired) electrons. The third-order valence-corrected chi connectivity index (χ3v) is 2.24. The SMILES string of the molecule is COC(=O)/C(=C/C1=CCCC=C1)COC(C)=O. The van der Waals surface area contributed by atoms with E-state index in [0.29, 0.717) is 5.57 Å². The summed E-state index contributed by atoms with van der Waals surface area (Å²) in [6, 6.07) is 0. The zero-order valence-electron chi connectivity index (χ0n) is 10.1. The second-order valence-electron chi connectivity index (χ2n) is 3.63. The first-order valence-electron chi connectivity index (χ1n) is 5.42. The fraction of sp³-hybridized carbons (Fsp3) is 0.385. The van der Waals surface area contributed by atoms with Gasteiger partial charge >= 0.3 is 11.9 Å². The van der Waals surface area contributed by atoms with Crippen molar-refractivity contribution in [2.75, 3.05) is 13.7 Å². The molecule has 0 heterocycles. The van der Waals surface area contributed by atoms with Gasteiger partial charge in [-0.3, -0.25) is 4.79 Å². The van der Waals surface area contributed by atoms with Crippen LogP contribution in [0.1, 0.15) is 19.8 Å². The quantitative estimate of drug-likeness (QED) is 0.553. The van der Waals surface area contributed by atoms with Crippen molar-refractivity contribution in [2.24, 2.45) is 0 Å². The molecule has 0 spiro atoms. The van der Waals surface area contributed by atoms with E-state index < -0.39 is 11.9 Å². The lowest BCUT2D eigenvalue weighted by Crippen LogP contribution is -2.13. The molecule has 0 aromatic heterocycles. The van der Waals surface area contributed by atoms with Gasteiger partial charge in [-0.1, -0.05) is 18.2 Å². The second kappa shape index (κ2) is 6.68. The van der Waals surface area contributed by atoms with Crippen molar-refractivity contribution in [3.8, 4) is 0 Å². The second-order valence-corrected chi connectivity index (χ2v) is 3.63. The highest BCUT2D eigenvalue weighted by molar-refractivity contribution is 5.89. The highest BCUT2D eigenvalue weighted by Gasteiger charge is 2.12. The zero-order valence-corrected chi connectivity index (χ0v) is 10.1. The number of allylic oxidation sites excluding steroid dienone is 5. The first kappa shape index (κ1) is 13.2. The lowest BCUT2D eigenvalue weighted by atomic mass is 10.0. The molecule has 0 bridgehead atoms. The van der Waals surface area contributed by atoms with Crippen molar-refractivity contribution in [1.82, 2.24) is 0 Å². The van der Waals surface area contributed by atoms with Crippen molar-refractivity contribution in [2.45, 2.75) is 19.8 Å². The molecule has 92 valence electrons. The number of carbonyl (C=O) groups excluding carboxylic acids is 2. The number of rotatable bonds is 4. The minimum Gasteiger partial charge on any atom is -0.466 e. The Hall–Kier alpha value is -1.84. The van der Waals surface area contributed by atoms with Gasteiger partial charge in [0.25, 0.3) is 0 Å². The molecule has 0 aliphatic heterocycles. The van der Waals surface area contributed by atoms with E-state index in [1.807, 2.05) is 18.2 Å². The van der Waals surface area contributed by atoms with E-state index in [2.05, 4.69) is 4.74 Å². The van der Waals surface area contributed by atoms with Crippen molar-refractivity contribution >= 4 is 11.9 Å². The Labute approximate surface area is 101 Å². The lowest BCUT2D eigenvalue weighted by Gasteiger charge is -2.07. The van der Waals surface area contributed by atoms with Crippen LogP contribution in [0.2, 0.25) is 0 Å². The summed E-state index contributed by atoms with van der Waals surface area (Å²) in [6.45, 7) is 1.24. The molecule has 0 fully saturated rings. The van der Waals surface area contributed by atoms with Crippen LogP contribution in [0.25, 0.3) is 0 Å². The third-order valence-electron chi connectivity index (χ3n) is 2.24. The van der Waals surface area contributed by atoms with Gasteiger partial charge in [-0.05, 0) is 24.5 Å². The van der Waals surface area contributed by atoms with Crippen molar-refractivity contribution in [3.63, 3.8) is 0 Å². The van der Waals surface area contributed by atoms with Gasteiger partial charge in [0.1, 0.15) is 6.61 Å². The molecule has 0 aromatic rings. The monoisotopic (exact) mass is 236 g/mol. The van der Waals surface area contributed by atoms with E-state index in [9.17, 15) is 9.59 Å². The highest BCUT2D eigenvalue weighted by Crippen LogP contribution is 2.13. The Morgan fingerprint density at radius 3 is 2.71 bits per heavy atom. The molecule has 4 nitrogen and oxygen atoms in total. The maximum atomic E-state index is 11.5. The number of carbonyl (C=O) groups is 2. The zero-order chi connectivity index (χ0) is 12.7. The Morgan fingerprint density at radius 1 is 1.41 bits per heavy atom. The Kier molecular flexibility index (Phi) is 5.20. The van der Waals surface area contributed by atoms with Gasteiger partial charge in [-0.25, -0.2) is 4.79 Å². The fourth-order valence-corrected chi connectivity index (χ4v) is 1.41. The number of hydrogen-bond donors (Lipinski definition) is 0. The number of hydrogen-bond acceptors (Lipinski definition) is 4. The van der Waals surface area contributed by atoms with Crippen LogP contribution in [0.15, 0.2) is 35.5 Å². The standard InChI is InChI=1S/C13H16O4/c1-10(14)17-9-12(13(15)16-2)8-11-6-4-3-5-7-11/h4,6-8H,3,5,9H2,1-2H3/b12-8+. The Balaban J connectivity index is 2.77. The normalized spacial score (nSPS) is 15.2. The van der Waals surface area contributed by atoms with Gasteiger partial charge in [0, 0.05) is 6.92 Å². The molecule has 1 aliphatic carbocycles. The van der Waals surface area contributed by atoms with Crippen LogP contribution in [-0.4, -0.2) is 25.7 Å². The van der Waals surface area contributed by atoms with E-state index in [1.54, 1.807) is 6.08 Å². The molecular formula is C13H16O4. The Bertz CT molecular complexity index is 388. The van der Waals surface area contributed by atoms with E-state index in [-0.39, 0.29) is 6.61 Å². The molecule has 0 atom stereocenters. The summed E-state index contributed by atoms with van der Waals surface area (Å²) in [7, 11) is 1.30. The Morgan fingerprint density at radius 2 is 2.18 bits per heavy atom. The molecule has 0 saturated heterocycles. The summed E-state index contributed by atoms with van der Waals surface area (Å²) in [5.74, 6) is -0.904. The number of esters is 2. The van der Waals surface area contributed by atoms with Crippen molar-refractivity contribution < 1.29 is 19.1 Å². The van der Waals surface area contributed by atoms with Crippen LogP contribution in [0.3, 0.4) is 0 Å². The topological polar surface area (TPSA) is 52.6 Å². The van der Waals surface area contributed by atoms with Gasteiger partial charge < -0.3 is 9.47 Å². The van der Waals surface area contributed by atoms with Gasteiger partial charge in [0.2, 0.25) is 0 Å². The van der Waals surface area contributed by atoms with Crippen LogP contribution in [0, 0.1) is 0 Å². The predicted octanol–water partition coefficient (Wildman–Crippen LogP) is 1.93. The van der Waals surface area contributed by atoms with E-state index in [1.165, 1.54) is 14.0 Å². The molecule has 0 unspecified atom stereocenters. The van der Waals surface area contributed by atoms with E-state index in [4.69, 9.17) is 4.74 Å². The summed E-state index contributed by atoms with van der Waals surface area (Å²) >= 11 is 0. The van der Waals surface area contributed by atoms with Crippen molar-refractivity contribution in [1.29, 1.82) is 0 Å². The molecule has 0 saturated carbocycles. The molecule has 4 heteroatoms. The van der Waals surface area contributed by atoms with Gasteiger partial charge in [-0.2, -0.15) is 0 Å². The predicted molar refractivity (Wildman–Crippen MR) is 63.2 cm³/mol. The third kappa shape index (κ3) is 4.68. The summed E-state index contributed by atoms with van der Waals surface area (Å²) in [5, 5.41) is 0. The van der Waals surface area contributed by atoms with Crippen LogP contribution in [-0.2, 0) is 19.1 Å². The number of ether oxygens (including phenoxy) is 2. The van der Waals surface area contributed by atoms with Crippen LogP contribution >= 0.6 is 0 Å². The van der Waals surface area contributed by atoms with Gasteiger partial charge in [0.15, 0.2) is 0 Å². The van der Waals surface area contributed by atoms with Crippen LogP contribution in [0.5, 0.6) is 0 Å². The average Bonchev–Trinajstić information content (AvgIpc) is 2.34. The molecule has 0 N–H and O–H groups in total. The molecule has 0 aromatic carbocycles. The molecule has 1 rings (SSSR count). The highest BCUT2D eigenvalue weighted by atomic mass is 16.5. The minimum absolute atomic E-state index is 0.0623. The van der Waals surface area contributed by atoms with E-state index >= 15 is 0 Å². The smallest absolute Gasteiger partial charge is 0.337 e. The maximum absolute atomic E-state index is 11.5. The summed E-state index contributed by atoms with van der Waals surface area (Å²) < 4.78 is 9.45. The van der Waals surface area contributed by atoms with Gasteiger partial charge in [0.05, 0.1) is 12.7 Å².